The predicted molar refractivity (Wildman–Crippen MR) is 116 cm³/mol. The van der Waals surface area contributed by atoms with E-state index in [1.807, 2.05) is 52.0 Å². The molecule has 0 bridgehead atoms. The molecule has 0 radical (unpaired) electrons. The number of allylic oxidation sites excluding steroid dienone is 2. The third-order valence-electron chi connectivity index (χ3n) is 6.39. The summed E-state index contributed by atoms with van der Waals surface area (Å²) in [6.45, 7) is 8.17. The Labute approximate surface area is 168 Å². The second-order valence-electron chi connectivity index (χ2n) is 8.89. The van der Waals surface area contributed by atoms with Gasteiger partial charge in [0.25, 0.3) is 0 Å². The van der Waals surface area contributed by atoms with Crippen LogP contribution < -0.4 is 5.46 Å². The summed E-state index contributed by atoms with van der Waals surface area (Å²) in [7, 11) is -0.576. The summed E-state index contributed by atoms with van der Waals surface area (Å²) in [5.74, 6) is 0.237. The molecule has 1 aliphatic carbocycles. The van der Waals surface area contributed by atoms with Crippen molar-refractivity contribution in [3.05, 3.63) is 54.1 Å². The minimum absolute atomic E-state index is 0.237. The van der Waals surface area contributed by atoms with Crippen LogP contribution in [-0.2, 0) is 9.31 Å². The van der Waals surface area contributed by atoms with Gasteiger partial charge in [0.05, 0.1) is 11.2 Å². The minimum atomic E-state index is -0.576. The SMILES string of the molecule is CC1(C)OB(c2c(O)cc(-c3ccccc3)cc2C2=CCCCC2)OC1(C)C. The van der Waals surface area contributed by atoms with Crippen LogP contribution in [0.4, 0.5) is 0 Å². The molecule has 0 unspecified atom stereocenters. The van der Waals surface area contributed by atoms with E-state index in [9.17, 15) is 5.11 Å². The topological polar surface area (TPSA) is 38.7 Å². The van der Waals surface area contributed by atoms with Crippen molar-refractivity contribution in [2.24, 2.45) is 0 Å². The molecule has 1 heterocycles. The van der Waals surface area contributed by atoms with Crippen molar-refractivity contribution in [1.29, 1.82) is 0 Å². The molecule has 0 aromatic heterocycles. The molecule has 146 valence electrons. The van der Waals surface area contributed by atoms with E-state index in [-0.39, 0.29) is 5.75 Å². The fourth-order valence-corrected chi connectivity index (χ4v) is 3.99. The highest BCUT2D eigenvalue weighted by Gasteiger charge is 2.53. The van der Waals surface area contributed by atoms with E-state index in [2.05, 4.69) is 24.3 Å². The second-order valence-corrected chi connectivity index (χ2v) is 8.89. The lowest BCUT2D eigenvalue weighted by molar-refractivity contribution is 0.00578. The zero-order valence-corrected chi connectivity index (χ0v) is 17.3. The van der Waals surface area contributed by atoms with Crippen LogP contribution in [0, 0.1) is 0 Å². The first-order chi connectivity index (χ1) is 13.3. The van der Waals surface area contributed by atoms with Gasteiger partial charge in [-0.15, -0.1) is 0 Å². The molecule has 1 fully saturated rings. The quantitative estimate of drug-likeness (QED) is 0.738. The first kappa shape index (κ1) is 19.3. The Morgan fingerprint density at radius 2 is 1.57 bits per heavy atom. The van der Waals surface area contributed by atoms with Crippen LogP contribution in [0.5, 0.6) is 5.75 Å². The molecule has 0 amide bonds. The highest BCUT2D eigenvalue weighted by molar-refractivity contribution is 6.64. The van der Waals surface area contributed by atoms with Gasteiger partial charge in [-0.1, -0.05) is 36.4 Å². The van der Waals surface area contributed by atoms with E-state index < -0.39 is 18.3 Å². The molecule has 1 aliphatic heterocycles. The maximum absolute atomic E-state index is 11.1. The molecule has 1 N–H and O–H groups in total. The number of benzene rings is 2. The van der Waals surface area contributed by atoms with Crippen molar-refractivity contribution >= 4 is 18.2 Å². The summed E-state index contributed by atoms with van der Waals surface area (Å²) in [5, 5.41) is 11.1. The lowest BCUT2D eigenvalue weighted by Gasteiger charge is -2.32. The monoisotopic (exact) mass is 376 g/mol. The van der Waals surface area contributed by atoms with Crippen LogP contribution in [0.1, 0.15) is 58.9 Å². The Hall–Kier alpha value is -2.04. The zero-order chi connectivity index (χ0) is 19.9. The summed E-state index contributed by atoms with van der Waals surface area (Å²) in [4.78, 5) is 0. The maximum atomic E-state index is 11.1. The number of phenolic OH excluding ortho intramolecular Hbond substituents is 1. The van der Waals surface area contributed by atoms with Crippen LogP contribution in [0.3, 0.4) is 0 Å². The zero-order valence-electron chi connectivity index (χ0n) is 17.3. The minimum Gasteiger partial charge on any atom is -0.508 e. The van der Waals surface area contributed by atoms with E-state index in [0.29, 0.717) is 0 Å². The summed E-state index contributed by atoms with van der Waals surface area (Å²) in [6.07, 6.45) is 6.80. The Morgan fingerprint density at radius 1 is 0.893 bits per heavy atom. The standard InChI is InChI=1S/C24H29BO3/c1-23(2)24(3,4)28-25(27-23)22-20(18-13-9-6-10-14-18)15-19(16-21(22)26)17-11-7-5-8-12-17/h5,7-8,11-13,15-16,26H,6,9-10,14H2,1-4H3. The Bertz CT molecular complexity index is 884. The maximum Gasteiger partial charge on any atom is 0.499 e. The molecular formula is C24H29BO3. The van der Waals surface area contributed by atoms with Crippen LogP contribution in [0.2, 0.25) is 0 Å². The van der Waals surface area contributed by atoms with E-state index in [1.54, 1.807) is 0 Å². The van der Waals surface area contributed by atoms with Gasteiger partial charge < -0.3 is 14.4 Å². The van der Waals surface area contributed by atoms with Gasteiger partial charge in [-0.05, 0) is 87.8 Å². The van der Waals surface area contributed by atoms with Crippen molar-refractivity contribution in [2.75, 3.05) is 0 Å². The highest BCUT2D eigenvalue weighted by atomic mass is 16.7. The third-order valence-corrected chi connectivity index (χ3v) is 6.39. The molecule has 2 aromatic rings. The second kappa shape index (κ2) is 7.09. The van der Waals surface area contributed by atoms with Crippen molar-refractivity contribution < 1.29 is 14.4 Å². The van der Waals surface area contributed by atoms with Gasteiger partial charge in [0.15, 0.2) is 0 Å². The highest BCUT2D eigenvalue weighted by Crippen LogP contribution is 2.39. The van der Waals surface area contributed by atoms with Gasteiger partial charge >= 0.3 is 7.12 Å². The number of rotatable bonds is 3. The molecule has 0 atom stereocenters. The van der Waals surface area contributed by atoms with Crippen LogP contribution in [-0.4, -0.2) is 23.4 Å². The Kier molecular flexibility index (Phi) is 4.89. The van der Waals surface area contributed by atoms with Gasteiger partial charge in [-0.25, -0.2) is 0 Å². The molecule has 2 aromatic carbocycles. The molecule has 1 saturated heterocycles. The van der Waals surface area contributed by atoms with E-state index in [1.165, 1.54) is 18.4 Å². The molecular weight excluding hydrogens is 347 g/mol. The molecule has 0 saturated carbocycles. The predicted octanol–water partition coefficient (Wildman–Crippen LogP) is 5.32. The van der Waals surface area contributed by atoms with Gasteiger partial charge in [-0.2, -0.15) is 0 Å². The van der Waals surface area contributed by atoms with Crippen LogP contribution in [0.25, 0.3) is 16.7 Å². The molecule has 4 rings (SSSR count). The van der Waals surface area contributed by atoms with E-state index >= 15 is 0 Å². The molecule has 4 heteroatoms. The van der Waals surface area contributed by atoms with Crippen molar-refractivity contribution in [2.45, 2.75) is 64.6 Å². The lowest BCUT2D eigenvalue weighted by atomic mass is 9.71. The molecule has 2 aliphatic rings. The first-order valence-electron chi connectivity index (χ1n) is 10.3. The Morgan fingerprint density at radius 3 is 2.18 bits per heavy atom. The van der Waals surface area contributed by atoms with Gasteiger partial charge in [-0.3, -0.25) is 0 Å². The van der Waals surface area contributed by atoms with Crippen molar-refractivity contribution in [1.82, 2.24) is 0 Å². The fraction of sp³-hybridized carbons (Fsp3) is 0.417. The van der Waals surface area contributed by atoms with Gasteiger partial charge in [0.2, 0.25) is 0 Å². The molecule has 0 spiro atoms. The van der Waals surface area contributed by atoms with E-state index in [0.717, 1.165) is 35.0 Å². The van der Waals surface area contributed by atoms with Crippen molar-refractivity contribution in [3.8, 4) is 16.9 Å². The molecule has 28 heavy (non-hydrogen) atoms. The summed E-state index contributed by atoms with van der Waals surface area (Å²) >= 11 is 0. The van der Waals surface area contributed by atoms with Crippen LogP contribution >= 0.6 is 0 Å². The number of hydrogen-bond acceptors (Lipinski definition) is 3. The smallest absolute Gasteiger partial charge is 0.499 e. The summed E-state index contributed by atoms with van der Waals surface area (Å²) in [6, 6.07) is 14.2. The van der Waals surface area contributed by atoms with Crippen molar-refractivity contribution in [3.63, 3.8) is 0 Å². The number of phenols is 1. The first-order valence-corrected chi connectivity index (χ1v) is 10.3. The van der Waals surface area contributed by atoms with Gasteiger partial charge in [0.1, 0.15) is 5.75 Å². The summed E-state index contributed by atoms with van der Waals surface area (Å²) in [5.41, 5.74) is 4.31. The molecule has 3 nitrogen and oxygen atoms in total. The lowest BCUT2D eigenvalue weighted by Crippen LogP contribution is -2.41. The normalized spacial score (nSPS) is 20.9. The van der Waals surface area contributed by atoms with Crippen LogP contribution in [0.15, 0.2) is 48.5 Å². The van der Waals surface area contributed by atoms with Gasteiger partial charge in [0, 0.05) is 5.46 Å². The number of hydrogen-bond donors (Lipinski definition) is 1. The average molecular weight is 376 g/mol. The number of aromatic hydroxyl groups is 1. The Balaban J connectivity index is 1.85. The fourth-order valence-electron chi connectivity index (χ4n) is 3.99. The van der Waals surface area contributed by atoms with E-state index in [4.69, 9.17) is 9.31 Å². The third kappa shape index (κ3) is 3.40. The largest absolute Gasteiger partial charge is 0.508 e. The average Bonchev–Trinajstić information content (AvgIpc) is 2.89. The summed E-state index contributed by atoms with van der Waals surface area (Å²) < 4.78 is 12.6.